The van der Waals surface area contributed by atoms with Crippen molar-refractivity contribution in [2.24, 2.45) is 0 Å². The number of hydrogen-bond donors (Lipinski definition) is 1. The van der Waals surface area contributed by atoms with E-state index in [4.69, 9.17) is 0 Å². The van der Waals surface area contributed by atoms with Gasteiger partial charge in [0.15, 0.2) is 0 Å². The van der Waals surface area contributed by atoms with Crippen molar-refractivity contribution in [1.29, 1.82) is 0 Å². The molecule has 2 heteroatoms. The van der Waals surface area contributed by atoms with E-state index in [1.165, 1.54) is 11.1 Å². The molecule has 1 amide bonds. The monoisotopic (exact) mass is 243 g/mol. The Morgan fingerprint density at radius 2 is 2.28 bits per heavy atom. The van der Waals surface area contributed by atoms with Gasteiger partial charge in [0.25, 0.3) is 0 Å². The van der Waals surface area contributed by atoms with E-state index in [1.54, 1.807) is 0 Å². The fraction of sp³-hybridized carbons (Fsp3) is 0.438. The second-order valence-electron chi connectivity index (χ2n) is 4.79. The summed E-state index contributed by atoms with van der Waals surface area (Å²) < 4.78 is 0. The second kappa shape index (κ2) is 6.39. The predicted molar refractivity (Wildman–Crippen MR) is 74.6 cm³/mol. The molecule has 0 saturated carbocycles. The SMILES string of the molecule is C/C=C/CCNC(=O)C1CCCc2ccccc21. The van der Waals surface area contributed by atoms with Crippen LogP contribution in [0.4, 0.5) is 0 Å². The first-order chi connectivity index (χ1) is 8.83. The zero-order chi connectivity index (χ0) is 12.8. The van der Waals surface area contributed by atoms with Crippen LogP contribution in [0.5, 0.6) is 0 Å². The fourth-order valence-corrected chi connectivity index (χ4v) is 2.59. The summed E-state index contributed by atoms with van der Waals surface area (Å²) >= 11 is 0. The summed E-state index contributed by atoms with van der Waals surface area (Å²) in [4.78, 5) is 12.2. The quantitative estimate of drug-likeness (QED) is 0.638. The van der Waals surface area contributed by atoms with Crippen LogP contribution in [0.15, 0.2) is 36.4 Å². The molecule has 0 spiro atoms. The van der Waals surface area contributed by atoms with Crippen LogP contribution < -0.4 is 5.32 Å². The molecule has 0 aromatic heterocycles. The molecule has 0 radical (unpaired) electrons. The molecule has 96 valence electrons. The van der Waals surface area contributed by atoms with Crippen molar-refractivity contribution in [3.63, 3.8) is 0 Å². The molecule has 2 rings (SSSR count). The van der Waals surface area contributed by atoms with Crippen molar-refractivity contribution in [2.75, 3.05) is 6.54 Å². The highest BCUT2D eigenvalue weighted by atomic mass is 16.1. The summed E-state index contributed by atoms with van der Waals surface area (Å²) in [6.45, 7) is 2.74. The van der Waals surface area contributed by atoms with E-state index in [1.807, 2.05) is 19.1 Å². The maximum Gasteiger partial charge on any atom is 0.227 e. The van der Waals surface area contributed by atoms with E-state index in [0.717, 1.165) is 32.2 Å². The lowest BCUT2D eigenvalue weighted by atomic mass is 9.82. The van der Waals surface area contributed by atoms with Gasteiger partial charge in [-0.05, 0) is 43.7 Å². The van der Waals surface area contributed by atoms with Crippen molar-refractivity contribution in [1.82, 2.24) is 5.32 Å². The van der Waals surface area contributed by atoms with Crippen molar-refractivity contribution < 1.29 is 4.79 Å². The normalized spacial score (nSPS) is 18.6. The van der Waals surface area contributed by atoms with Crippen molar-refractivity contribution in [2.45, 2.75) is 38.5 Å². The van der Waals surface area contributed by atoms with E-state index in [9.17, 15) is 4.79 Å². The standard InChI is InChI=1S/C16H21NO/c1-2-3-6-12-17-16(18)15-11-7-9-13-8-4-5-10-14(13)15/h2-5,8,10,15H,6-7,9,11-12H2,1H3,(H,17,18)/b3-2+. The van der Waals surface area contributed by atoms with E-state index in [-0.39, 0.29) is 11.8 Å². The number of amides is 1. The molecule has 0 fully saturated rings. The van der Waals surface area contributed by atoms with Gasteiger partial charge in [0, 0.05) is 6.54 Å². The average Bonchev–Trinajstić information content (AvgIpc) is 2.43. The van der Waals surface area contributed by atoms with E-state index >= 15 is 0 Å². The number of benzene rings is 1. The highest BCUT2D eigenvalue weighted by Gasteiger charge is 2.25. The van der Waals surface area contributed by atoms with Crippen molar-refractivity contribution in [3.05, 3.63) is 47.5 Å². The Labute approximate surface area is 109 Å². The molecule has 18 heavy (non-hydrogen) atoms. The summed E-state index contributed by atoms with van der Waals surface area (Å²) in [5.41, 5.74) is 2.57. The van der Waals surface area contributed by atoms with Crippen LogP contribution in [0.2, 0.25) is 0 Å². The van der Waals surface area contributed by atoms with Gasteiger partial charge in [-0.3, -0.25) is 4.79 Å². The fourth-order valence-electron chi connectivity index (χ4n) is 2.59. The van der Waals surface area contributed by atoms with E-state index < -0.39 is 0 Å². The number of nitrogens with one attached hydrogen (secondary N) is 1. The van der Waals surface area contributed by atoms with Gasteiger partial charge in [0.2, 0.25) is 5.91 Å². The first-order valence-corrected chi connectivity index (χ1v) is 6.79. The Kier molecular flexibility index (Phi) is 4.57. The number of carbonyl (C=O) groups is 1. The molecule has 1 unspecified atom stereocenters. The van der Waals surface area contributed by atoms with Gasteiger partial charge in [0.1, 0.15) is 0 Å². The zero-order valence-corrected chi connectivity index (χ0v) is 11.0. The van der Waals surface area contributed by atoms with E-state index in [0.29, 0.717) is 0 Å². The van der Waals surface area contributed by atoms with Gasteiger partial charge < -0.3 is 5.32 Å². The Hall–Kier alpha value is -1.57. The van der Waals surface area contributed by atoms with Crippen LogP contribution in [-0.2, 0) is 11.2 Å². The first kappa shape index (κ1) is 12.9. The van der Waals surface area contributed by atoms with Crippen LogP contribution in [0.25, 0.3) is 0 Å². The van der Waals surface area contributed by atoms with Crippen molar-refractivity contribution >= 4 is 5.91 Å². The summed E-state index contributed by atoms with van der Waals surface area (Å²) in [7, 11) is 0. The summed E-state index contributed by atoms with van der Waals surface area (Å²) in [6.07, 6.45) is 8.21. The molecule has 1 aromatic rings. The first-order valence-electron chi connectivity index (χ1n) is 6.79. The Bertz CT molecular complexity index is 436. The number of carbonyl (C=O) groups excluding carboxylic acids is 1. The maximum atomic E-state index is 12.2. The lowest BCUT2D eigenvalue weighted by molar-refractivity contribution is -0.122. The largest absolute Gasteiger partial charge is 0.355 e. The molecule has 0 saturated heterocycles. The molecule has 1 N–H and O–H groups in total. The van der Waals surface area contributed by atoms with Gasteiger partial charge in [-0.1, -0.05) is 36.4 Å². The summed E-state index contributed by atoms with van der Waals surface area (Å²) in [6, 6.07) is 8.34. The minimum Gasteiger partial charge on any atom is -0.355 e. The number of hydrogen-bond acceptors (Lipinski definition) is 1. The number of fused-ring (bicyclic) bond motifs is 1. The van der Waals surface area contributed by atoms with Gasteiger partial charge in [-0.2, -0.15) is 0 Å². The predicted octanol–water partition coefficient (Wildman–Crippen LogP) is 3.19. The number of aryl methyl sites for hydroxylation is 1. The second-order valence-corrected chi connectivity index (χ2v) is 4.79. The molecule has 2 nitrogen and oxygen atoms in total. The van der Waals surface area contributed by atoms with Crippen LogP contribution in [0.3, 0.4) is 0 Å². The lowest BCUT2D eigenvalue weighted by Crippen LogP contribution is -2.31. The van der Waals surface area contributed by atoms with Gasteiger partial charge >= 0.3 is 0 Å². The average molecular weight is 243 g/mol. The minimum absolute atomic E-state index is 0.0561. The molecule has 1 aromatic carbocycles. The third kappa shape index (κ3) is 3.00. The molecule has 0 aliphatic heterocycles. The minimum atomic E-state index is 0.0561. The molecular weight excluding hydrogens is 222 g/mol. The zero-order valence-electron chi connectivity index (χ0n) is 11.0. The van der Waals surface area contributed by atoms with Gasteiger partial charge in [0.05, 0.1) is 5.92 Å². The van der Waals surface area contributed by atoms with E-state index in [2.05, 4.69) is 29.6 Å². The Balaban J connectivity index is 1.99. The topological polar surface area (TPSA) is 29.1 Å². The number of allylic oxidation sites excluding steroid dienone is 1. The summed E-state index contributed by atoms with van der Waals surface area (Å²) in [5, 5.41) is 3.04. The lowest BCUT2D eigenvalue weighted by Gasteiger charge is -2.24. The summed E-state index contributed by atoms with van der Waals surface area (Å²) in [5.74, 6) is 0.243. The van der Waals surface area contributed by atoms with Crippen LogP contribution in [0, 0.1) is 0 Å². The molecular formula is C16H21NO. The third-order valence-corrected chi connectivity index (χ3v) is 3.53. The highest BCUT2D eigenvalue weighted by molar-refractivity contribution is 5.84. The van der Waals surface area contributed by atoms with Crippen LogP contribution >= 0.6 is 0 Å². The van der Waals surface area contributed by atoms with Gasteiger partial charge in [-0.15, -0.1) is 0 Å². The maximum absolute atomic E-state index is 12.2. The molecule has 0 bridgehead atoms. The molecule has 1 aliphatic carbocycles. The molecule has 0 heterocycles. The van der Waals surface area contributed by atoms with Crippen molar-refractivity contribution in [3.8, 4) is 0 Å². The highest BCUT2D eigenvalue weighted by Crippen LogP contribution is 2.31. The Morgan fingerprint density at radius 3 is 3.11 bits per heavy atom. The molecule has 1 atom stereocenters. The van der Waals surface area contributed by atoms with Crippen LogP contribution in [-0.4, -0.2) is 12.5 Å². The number of rotatable bonds is 4. The van der Waals surface area contributed by atoms with Gasteiger partial charge in [-0.25, -0.2) is 0 Å². The Morgan fingerprint density at radius 1 is 1.44 bits per heavy atom. The molecule has 1 aliphatic rings. The van der Waals surface area contributed by atoms with Crippen LogP contribution in [0.1, 0.15) is 43.2 Å². The smallest absolute Gasteiger partial charge is 0.227 e. The third-order valence-electron chi connectivity index (χ3n) is 3.53.